The topological polar surface area (TPSA) is 45.1 Å². The van der Waals surface area contributed by atoms with E-state index in [0.29, 0.717) is 0 Å². The van der Waals surface area contributed by atoms with Crippen molar-refractivity contribution in [2.24, 2.45) is 5.92 Å². The maximum absolute atomic E-state index is 9.88. The molecular formula is C17H22N2O. The van der Waals surface area contributed by atoms with E-state index in [1.165, 1.54) is 12.8 Å². The van der Waals surface area contributed by atoms with Crippen molar-refractivity contribution in [1.82, 2.24) is 4.98 Å². The Morgan fingerprint density at radius 2 is 2.00 bits per heavy atom. The lowest BCUT2D eigenvalue weighted by Crippen LogP contribution is -2.45. The zero-order chi connectivity index (χ0) is 14.0. The molecule has 3 rings (SSSR count). The van der Waals surface area contributed by atoms with Crippen LogP contribution in [0.2, 0.25) is 0 Å². The third-order valence-electron chi connectivity index (χ3n) is 4.58. The predicted molar refractivity (Wildman–Crippen MR) is 82.8 cm³/mol. The summed E-state index contributed by atoms with van der Waals surface area (Å²) in [6.45, 7) is 2.49. The molecule has 0 bridgehead atoms. The van der Waals surface area contributed by atoms with Gasteiger partial charge in [-0.3, -0.25) is 4.98 Å². The number of rotatable bonds is 3. The number of nitrogens with one attached hydrogen (secondary N) is 1. The average molecular weight is 270 g/mol. The minimum atomic E-state index is -0.170. The number of fused-ring (bicyclic) bond motifs is 1. The largest absolute Gasteiger partial charge is 0.394 e. The molecule has 1 heterocycles. The van der Waals surface area contributed by atoms with E-state index in [4.69, 9.17) is 0 Å². The summed E-state index contributed by atoms with van der Waals surface area (Å²) in [6, 6.07) is 10.2. The Kier molecular flexibility index (Phi) is 3.62. The van der Waals surface area contributed by atoms with Crippen LogP contribution in [0.5, 0.6) is 0 Å². The van der Waals surface area contributed by atoms with E-state index in [2.05, 4.69) is 23.3 Å². The molecule has 1 fully saturated rings. The van der Waals surface area contributed by atoms with Crippen LogP contribution in [-0.2, 0) is 0 Å². The number of pyridine rings is 1. The van der Waals surface area contributed by atoms with E-state index < -0.39 is 0 Å². The van der Waals surface area contributed by atoms with Gasteiger partial charge in [-0.2, -0.15) is 0 Å². The van der Waals surface area contributed by atoms with E-state index in [1.54, 1.807) is 0 Å². The van der Waals surface area contributed by atoms with Gasteiger partial charge in [0.25, 0.3) is 0 Å². The fourth-order valence-corrected chi connectivity index (χ4v) is 3.13. The molecule has 3 heteroatoms. The van der Waals surface area contributed by atoms with E-state index >= 15 is 0 Å². The summed E-state index contributed by atoms with van der Waals surface area (Å²) in [4.78, 5) is 4.39. The van der Waals surface area contributed by atoms with Crippen LogP contribution in [0.1, 0.15) is 32.6 Å². The maximum Gasteiger partial charge on any atom is 0.0722 e. The summed E-state index contributed by atoms with van der Waals surface area (Å²) in [7, 11) is 0. The second-order valence-electron chi connectivity index (χ2n) is 6.12. The second kappa shape index (κ2) is 5.41. The van der Waals surface area contributed by atoms with Crippen LogP contribution < -0.4 is 5.32 Å². The molecule has 1 aromatic carbocycles. The van der Waals surface area contributed by atoms with Crippen molar-refractivity contribution in [1.29, 1.82) is 0 Å². The summed E-state index contributed by atoms with van der Waals surface area (Å²) >= 11 is 0. The lowest BCUT2D eigenvalue weighted by atomic mass is 9.77. The van der Waals surface area contributed by atoms with Gasteiger partial charge in [-0.25, -0.2) is 0 Å². The number of aliphatic hydroxyl groups excluding tert-OH is 1. The number of benzene rings is 1. The van der Waals surface area contributed by atoms with Gasteiger partial charge in [0, 0.05) is 17.3 Å². The quantitative estimate of drug-likeness (QED) is 0.896. The van der Waals surface area contributed by atoms with Gasteiger partial charge in [0.1, 0.15) is 0 Å². The number of nitrogens with zero attached hydrogens (tertiary/aromatic N) is 1. The van der Waals surface area contributed by atoms with Gasteiger partial charge < -0.3 is 10.4 Å². The van der Waals surface area contributed by atoms with Crippen LogP contribution in [0.25, 0.3) is 10.9 Å². The first-order chi connectivity index (χ1) is 9.72. The van der Waals surface area contributed by atoms with Crippen molar-refractivity contribution in [3.05, 3.63) is 36.5 Å². The summed E-state index contributed by atoms with van der Waals surface area (Å²) in [6.07, 6.45) is 6.25. The fourth-order valence-electron chi connectivity index (χ4n) is 3.13. The van der Waals surface area contributed by atoms with Crippen LogP contribution >= 0.6 is 0 Å². The van der Waals surface area contributed by atoms with Gasteiger partial charge in [0.15, 0.2) is 0 Å². The average Bonchev–Trinajstić information content (AvgIpc) is 2.50. The van der Waals surface area contributed by atoms with Crippen LogP contribution in [-0.4, -0.2) is 22.2 Å². The van der Waals surface area contributed by atoms with Crippen molar-refractivity contribution < 1.29 is 5.11 Å². The van der Waals surface area contributed by atoms with Gasteiger partial charge in [-0.05, 0) is 43.7 Å². The van der Waals surface area contributed by atoms with Gasteiger partial charge in [-0.1, -0.05) is 25.1 Å². The summed E-state index contributed by atoms with van der Waals surface area (Å²) in [5, 5.41) is 14.6. The Morgan fingerprint density at radius 1 is 1.25 bits per heavy atom. The van der Waals surface area contributed by atoms with Gasteiger partial charge in [0.2, 0.25) is 0 Å². The van der Waals surface area contributed by atoms with E-state index in [9.17, 15) is 5.11 Å². The molecule has 1 aliphatic carbocycles. The fraction of sp³-hybridized carbons (Fsp3) is 0.471. The second-order valence-corrected chi connectivity index (χ2v) is 6.12. The van der Waals surface area contributed by atoms with Crippen molar-refractivity contribution in [3.8, 4) is 0 Å². The Hall–Kier alpha value is -1.61. The molecule has 0 spiro atoms. The smallest absolute Gasteiger partial charge is 0.0722 e. The van der Waals surface area contributed by atoms with Gasteiger partial charge in [-0.15, -0.1) is 0 Å². The standard InChI is InChI=1S/C17H22N2O/c1-13-6-9-17(12-20,10-7-13)19-16-8-11-18-15-5-3-2-4-14(15)16/h2-5,8,11,13,20H,6-7,9-10,12H2,1H3,(H,18,19). The molecule has 0 radical (unpaired) electrons. The Labute approximate surface area is 120 Å². The third-order valence-corrected chi connectivity index (χ3v) is 4.58. The third kappa shape index (κ3) is 2.50. The number of anilines is 1. The van der Waals surface area contributed by atoms with Crippen molar-refractivity contribution in [2.45, 2.75) is 38.1 Å². The lowest BCUT2D eigenvalue weighted by molar-refractivity contribution is 0.155. The molecule has 1 saturated carbocycles. The molecule has 106 valence electrons. The normalized spacial score (nSPS) is 26.6. The summed E-state index contributed by atoms with van der Waals surface area (Å²) < 4.78 is 0. The van der Waals surface area contributed by atoms with Crippen LogP contribution in [0.3, 0.4) is 0 Å². The first-order valence-corrected chi connectivity index (χ1v) is 7.45. The van der Waals surface area contributed by atoms with E-state index in [0.717, 1.165) is 35.3 Å². The van der Waals surface area contributed by atoms with Crippen LogP contribution in [0.15, 0.2) is 36.5 Å². The van der Waals surface area contributed by atoms with Crippen molar-refractivity contribution in [2.75, 3.05) is 11.9 Å². The van der Waals surface area contributed by atoms with Crippen LogP contribution in [0, 0.1) is 5.92 Å². The highest BCUT2D eigenvalue weighted by molar-refractivity contribution is 5.91. The molecule has 0 unspecified atom stereocenters. The highest BCUT2D eigenvalue weighted by atomic mass is 16.3. The molecule has 20 heavy (non-hydrogen) atoms. The molecular weight excluding hydrogens is 248 g/mol. The van der Waals surface area contributed by atoms with E-state index in [1.807, 2.05) is 30.5 Å². The minimum Gasteiger partial charge on any atom is -0.394 e. The Balaban J connectivity index is 1.91. The molecule has 0 saturated heterocycles. The number of aliphatic hydroxyl groups is 1. The highest BCUT2D eigenvalue weighted by Crippen LogP contribution is 2.35. The predicted octanol–water partition coefficient (Wildman–Crippen LogP) is 3.59. The maximum atomic E-state index is 9.88. The minimum absolute atomic E-state index is 0.170. The first-order valence-electron chi connectivity index (χ1n) is 7.45. The van der Waals surface area contributed by atoms with Gasteiger partial charge >= 0.3 is 0 Å². The Morgan fingerprint density at radius 3 is 2.75 bits per heavy atom. The summed E-state index contributed by atoms with van der Waals surface area (Å²) in [5.41, 5.74) is 1.91. The number of para-hydroxylation sites is 1. The number of aromatic nitrogens is 1. The molecule has 2 N–H and O–H groups in total. The molecule has 1 aliphatic rings. The molecule has 3 nitrogen and oxygen atoms in total. The van der Waals surface area contributed by atoms with Gasteiger partial charge in [0.05, 0.1) is 17.7 Å². The zero-order valence-corrected chi connectivity index (χ0v) is 12.0. The SMILES string of the molecule is CC1CCC(CO)(Nc2ccnc3ccccc23)CC1. The zero-order valence-electron chi connectivity index (χ0n) is 12.0. The monoisotopic (exact) mass is 270 g/mol. The number of hydrogen-bond acceptors (Lipinski definition) is 3. The highest BCUT2D eigenvalue weighted by Gasteiger charge is 2.33. The lowest BCUT2D eigenvalue weighted by Gasteiger charge is -2.39. The Bertz CT molecular complexity index is 583. The van der Waals surface area contributed by atoms with Crippen molar-refractivity contribution in [3.63, 3.8) is 0 Å². The molecule has 2 aromatic rings. The summed E-state index contributed by atoms with van der Waals surface area (Å²) in [5.74, 6) is 0.769. The first kappa shape index (κ1) is 13.4. The molecule has 1 aromatic heterocycles. The van der Waals surface area contributed by atoms with Crippen molar-refractivity contribution >= 4 is 16.6 Å². The van der Waals surface area contributed by atoms with Crippen LogP contribution in [0.4, 0.5) is 5.69 Å². The van der Waals surface area contributed by atoms with E-state index in [-0.39, 0.29) is 12.1 Å². The molecule has 0 aliphatic heterocycles. The number of hydrogen-bond donors (Lipinski definition) is 2. The molecule has 0 amide bonds. The molecule has 0 atom stereocenters.